The minimum atomic E-state index is -0.371. The van der Waals surface area contributed by atoms with Gasteiger partial charge >= 0.3 is 0 Å². The molecule has 1 aliphatic rings. The number of hydrogen-bond donors (Lipinski definition) is 2. The Kier molecular flexibility index (Phi) is 5.27. The van der Waals surface area contributed by atoms with Crippen molar-refractivity contribution in [2.24, 2.45) is 0 Å². The summed E-state index contributed by atoms with van der Waals surface area (Å²) in [6.07, 6.45) is 3.32. The van der Waals surface area contributed by atoms with Crippen LogP contribution >= 0.6 is 0 Å². The summed E-state index contributed by atoms with van der Waals surface area (Å²) in [5, 5.41) is 17.2. The molecule has 114 valence electrons. The van der Waals surface area contributed by atoms with Crippen LogP contribution in [0.25, 0.3) is 0 Å². The van der Waals surface area contributed by atoms with Gasteiger partial charge in [-0.25, -0.2) is 0 Å². The lowest BCUT2D eigenvalue weighted by Gasteiger charge is -2.21. The number of nitrogens with one attached hydrogen (secondary N) is 2. The number of nitro groups is 1. The molecular weight excluding hydrogens is 270 g/mol. The van der Waals surface area contributed by atoms with E-state index >= 15 is 0 Å². The lowest BCUT2D eigenvalue weighted by Crippen LogP contribution is -2.37. The Balaban J connectivity index is 2.02. The predicted octanol–water partition coefficient (Wildman–Crippen LogP) is 2.30. The molecule has 0 aliphatic carbocycles. The Morgan fingerprint density at radius 2 is 2.33 bits per heavy atom. The smallest absolute Gasteiger partial charge is 0.269 e. The zero-order chi connectivity index (χ0) is 15.2. The monoisotopic (exact) mass is 291 g/mol. The van der Waals surface area contributed by atoms with Crippen molar-refractivity contribution in [3.63, 3.8) is 0 Å². The molecule has 2 rings (SSSR count). The number of carbonyl (C=O) groups is 1. The molecule has 0 spiro atoms. The summed E-state index contributed by atoms with van der Waals surface area (Å²) in [7, 11) is 0. The molecule has 6 heteroatoms. The first-order valence-corrected chi connectivity index (χ1v) is 7.37. The Morgan fingerprint density at radius 1 is 1.52 bits per heavy atom. The second kappa shape index (κ2) is 7.17. The molecule has 2 unspecified atom stereocenters. The second-order valence-corrected chi connectivity index (χ2v) is 5.40. The third kappa shape index (κ3) is 4.26. The number of hydrogen-bond acceptors (Lipinski definition) is 4. The molecule has 2 atom stereocenters. The van der Waals surface area contributed by atoms with Crippen LogP contribution in [0.1, 0.15) is 44.2 Å². The summed E-state index contributed by atoms with van der Waals surface area (Å²) in [4.78, 5) is 21.7. The van der Waals surface area contributed by atoms with Gasteiger partial charge in [0.2, 0.25) is 5.91 Å². The van der Waals surface area contributed by atoms with Gasteiger partial charge in [-0.05, 0) is 18.4 Å². The minimum absolute atomic E-state index is 0.0763. The first-order valence-electron chi connectivity index (χ1n) is 7.37. The molecule has 6 nitrogen and oxygen atoms in total. The van der Waals surface area contributed by atoms with Crippen molar-refractivity contribution >= 4 is 11.6 Å². The first-order chi connectivity index (χ1) is 10.1. The number of rotatable bonds is 7. The van der Waals surface area contributed by atoms with Crippen LogP contribution in [0.15, 0.2) is 24.3 Å². The third-order valence-electron chi connectivity index (χ3n) is 3.76. The zero-order valence-electron chi connectivity index (χ0n) is 12.2. The van der Waals surface area contributed by atoms with Gasteiger partial charge in [0.1, 0.15) is 0 Å². The molecule has 0 aromatic heterocycles. The Bertz CT molecular complexity index is 519. The molecule has 1 aliphatic heterocycles. The molecule has 1 aromatic carbocycles. The average molecular weight is 291 g/mol. The van der Waals surface area contributed by atoms with Crippen LogP contribution in [-0.2, 0) is 4.79 Å². The van der Waals surface area contributed by atoms with Gasteiger partial charge < -0.3 is 10.6 Å². The summed E-state index contributed by atoms with van der Waals surface area (Å²) in [6, 6.07) is 7.00. The van der Waals surface area contributed by atoms with Gasteiger partial charge in [-0.3, -0.25) is 14.9 Å². The Morgan fingerprint density at radius 3 is 2.95 bits per heavy atom. The number of nitrogens with zero attached hydrogens (tertiary/aromatic N) is 1. The van der Waals surface area contributed by atoms with Crippen LogP contribution in [-0.4, -0.2) is 23.4 Å². The quantitative estimate of drug-likeness (QED) is 0.596. The van der Waals surface area contributed by atoms with E-state index < -0.39 is 0 Å². The third-order valence-corrected chi connectivity index (χ3v) is 3.76. The summed E-state index contributed by atoms with van der Waals surface area (Å²) in [5.41, 5.74) is 1.04. The lowest BCUT2D eigenvalue weighted by molar-refractivity contribution is -0.384. The molecule has 1 amide bonds. The highest BCUT2D eigenvalue weighted by atomic mass is 16.6. The van der Waals surface area contributed by atoms with Crippen molar-refractivity contribution in [3.8, 4) is 0 Å². The van der Waals surface area contributed by atoms with Crippen LogP contribution in [0.3, 0.4) is 0 Å². The molecule has 21 heavy (non-hydrogen) atoms. The molecule has 0 radical (unpaired) electrons. The maximum atomic E-state index is 11.2. The Labute approximate surface area is 124 Å². The first kappa shape index (κ1) is 15.4. The van der Waals surface area contributed by atoms with Crippen LogP contribution in [0.4, 0.5) is 5.69 Å². The largest absolute Gasteiger partial charge is 0.352 e. The van der Waals surface area contributed by atoms with E-state index in [9.17, 15) is 14.9 Å². The number of benzene rings is 1. The van der Waals surface area contributed by atoms with Crippen LogP contribution in [0, 0.1) is 10.1 Å². The summed E-state index contributed by atoms with van der Waals surface area (Å²) >= 11 is 0. The van der Waals surface area contributed by atoms with Crippen molar-refractivity contribution < 1.29 is 9.72 Å². The van der Waals surface area contributed by atoms with E-state index in [0.29, 0.717) is 13.0 Å². The van der Waals surface area contributed by atoms with Crippen molar-refractivity contribution in [2.45, 2.75) is 44.7 Å². The summed E-state index contributed by atoms with van der Waals surface area (Å²) in [5.74, 6) is 0.101. The number of nitro benzene ring substituents is 1. The van der Waals surface area contributed by atoms with Crippen molar-refractivity contribution in [2.75, 3.05) is 6.54 Å². The average Bonchev–Trinajstić information content (AvgIpc) is 2.89. The molecule has 0 saturated carbocycles. The SMILES string of the molecule is CCCC(NCC1CCC(=O)N1)c1cccc([N+](=O)[O-])c1. The van der Waals surface area contributed by atoms with Gasteiger partial charge in [-0.2, -0.15) is 0 Å². The number of non-ortho nitro benzene ring substituents is 1. The van der Waals surface area contributed by atoms with Gasteiger partial charge in [-0.1, -0.05) is 25.5 Å². The van der Waals surface area contributed by atoms with Gasteiger partial charge in [0, 0.05) is 37.2 Å². The fourth-order valence-electron chi connectivity index (χ4n) is 2.65. The maximum Gasteiger partial charge on any atom is 0.269 e. The fraction of sp³-hybridized carbons (Fsp3) is 0.533. The topological polar surface area (TPSA) is 84.3 Å². The maximum absolute atomic E-state index is 11.2. The van der Waals surface area contributed by atoms with Gasteiger partial charge in [0.15, 0.2) is 0 Å². The van der Waals surface area contributed by atoms with E-state index in [4.69, 9.17) is 0 Å². The van der Waals surface area contributed by atoms with Gasteiger partial charge in [0.05, 0.1) is 4.92 Å². The zero-order valence-corrected chi connectivity index (χ0v) is 12.2. The van der Waals surface area contributed by atoms with Gasteiger partial charge in [0.25, 0.3) is 5.69 Å². The predicted molar refractivity (Wildman–Crippen MR) is 79.9 cm³/mol. The molecule has 2 N–H and O–H groups in total. The molecular formula is C15H21N3O3. The van der Waals surface area contributed by atoms with Crippen LogP contribution in [0.2, 0.25) is 0 Å². The van der Waals surface area contributed by atoms with E-state index in [0.717, 1.165) is 24.8 Å². The standard InChI is InChI=1S/C15H21N3O3/c1-2-4-14(16-10-12-7-8-15(19)17-12)11-5-3-6-13(9-11)18(20)21/h3,5-6,9,12,14,16H,2,4,7-8,10H2,1H3,(H,17,19). The number of carbonyl (C=O) groups excluding carboxylic acids is 1. The summed E-state index contributed by atoms with van der Waals surface area (Å²) < 4.78 is 0. The molecule has 1 heterocycles. The second-order valence-electron chi connectivity index (χ2n) is 5.40. The highest BCUT2D eigenvalue weighted by molar-refractivity contribution is 5.78. The molecule has 0 bridgehead atoms. The molecule has 1 fully saturated rings. The Hall–Kier alpha value is -1.95. The van der Waals surface area contributed by atoms with E-state index in [1.54, 1.807) is 12.1 Å². The summed E-state index contributed by atoms with van der Waals surface area (Å²) in [6.45, 7) is 2.78. The molecule has 1 saturated heterocycles. The van der Waals surface area contributed by atoms with Crippen LogP contribution in [0.5, 0.6) is 0 Å². The van der Waals surface area contributed by atoms with E-state index in [1.165, 1.54) is 6.07 Å². The fourth-order valence-corrected chi connectivity index (χ4v) is 2.65. The lowest BCUT2D eigenvalue weighted by atomic mass is 10.0. The van der Waals surface area contributed by atoms with Gasteiger partial charge in [-0.15, -0.1) is 0 Å². The van der Waals surface area contributed by atoms with Crippen molar-refractivity contribution in [1.82, 2.24) is 10.6 Å². The van der Waals surface area contributed by atoms with E-state index in [1.807, 2.05) is 6.07 Å². The molecule has 1 aromatic rings. The minimum Gasteiger partial charge on any atom is -0.352 e. The van der Waals surface area contributed by atoms with Crippen LogP contribution < -0.4 is 10.6 Å². The van der Waals surface area contributed by atoms with Crippen molar-refractivity contribution in [3.05, 3.63) is 39.9 Å². The van der Waals surface area contributed by atoms with E-state index in [2.05, 4.69) is 17.6 Å². The number of amides is 1. The van der Waals surface area contributed by atoms with Crippen molar-refractivity contribution in [1.29, 1.82) is 0 Å². The normalized spacial score (nSPS) is 19.3. The van der Waals surface area contributed by atoms with E-state index in [-0.39, 0.29) is 28.6 Å². The highest BCUT2D eigenvalue weighted by Crippen LogP contribution is 2.23. The highest BCUT2D eigenvalue weighted by Gasteiger charge is 2.22.